The van der Waals surface area contributed by atoms with Crippen LogP contribution in [0.1, 0.15) is 51.2 Å². The second kappa shape index (κ2) is 3.93. The molecule has 0 spiro atoms. The zero-order chi connectivity index (χ0) is 10.9. The maximum atomic E-state index is 6.41. The van der Waals surface area contributed by atoms with E-state index < -0.39 is 0 Å². The highest BCUT2D eigenvalue weighted by Crippen LogP contribution is 2.37. The van der Waals surface area contributed by atoms with Crippen LogP contribution >= 0.6 is 0 Å². The molecule has 1 fully saturated rings. The number of aromatic nitrogens is 2. The second-order valence-electron chi connectivity index (χ2n) is 4.55. The summed E-state index contributed by atoms with van der Waals surface area (Å²) in [6, 6.07) is 0. The average Bonchev–Trinajstić information content (AvgIpc) is 2.71. The Morgan fingerprint density at radius 1 is 1.53 bits per heavy atom. The van der Waals surface area contributed by atoms with Gasteiger partial charge in [0.05, 0.1) is 5.54 Å². The standard InChI is InChI=1S/C11H19N3O/c1-3-9-13-10(14-15-9)11(12)7-5-4-6-8(11)2/h8H,3-7,12H2,1-2H3. The maximum Gasteiger partial charge on any atom is 0.226 e. The van der Waals surface area contributed by atoms with Crippen molar-refractivity contribution in [3.8, 4) is 0 Å². The minimum absolute atomic E-state index is 0.366. The molecular formula is C11H19N3O. The van der Waals surface area contributed by atoms with Crippen molar-refractivity contribution in [3.05, 3.63) is 11.7 Å². The molecule has 1 aliphatic carbocycles. The Bertz CT molecular complexity index is 336. The van der Waals surface area contributed by atoms with Gasteiger partial charge in [0.25, 0.3) is 0 Å². The van der Waals surface area contributed by atoms with E-state index in [1.807, 2.05) is 6.92 Å². The quantitative estimate of drug-likeness (QED) is 0.809. The number of hydrogen-bond donors (Lipinski definition) is 1. The van der Waals surface area contributed by atoms with Crippen LogP contribution in [0, 0.1) is 5.92 Å². The summed E-state index contributed by atoms with van der Waals surface area (Å²) in [6.45, 7) is 4.19. The van der Waals surface area contributed by atoms with Gasteiger partial charge in [-0.15, -0.1) is 0 Å². The fourth-order valence-electron chi connectivity index (χ4n) is 2.29. The van der Waals surface area contributed by atoms with E-state index in [0.29, 0.717) is 17.6 Å². The maximum absolute atomic E-state index is 6.41. The molecular weight excluding hydrogens is 190 g/mol. The lowest BCUT2D eigenvalue weighted by Gasteiger charge is -2.36. The predicted molar refractivity (Wildman–Crippen MR) is 57.2 cm³/mol. The fourth-order valence-corrected chi connectivity index (χ4v) is 2.29. The minimum Gasteiger partial charge on any atom is -0.339 e. The summed E-state index contributed by atoms with van der Waals surface area (Å²) in [6.07, 6.45) is 5.33. The summed E-state index contributed by atoms with van der Waals surface area (Å²) in [5.74, 6) is 1.83. The molecule has 1 aliphatic rings. The SMILES string of the molecule is CCc1nc(C2(N)CCCCC2C)no1. The van der Waals surface area contributed by atoms with Gasteiger partial charge in [0.15, 0.2) is 5.82 Å². The Hall–Kier alpha value is -0.900. The van der Waals surface area contributed by atoms with Gasteiger partial charge in [-0.1, -0.05) is 31.8 Å². The smallest absolute Gasteiger partial charge is 0.226 e. The van der Waals surface area contributed by atoms with Crippen molar-refractivity contribution in [1.29, 1.82) is 0 Å². The van der Waals surface area contributed by atoms with Crippen molar-refractivity contribution in [2.75, 3.05) is 0 Å². The van der Waals surface area contributed by atoms with Crippen molar-refractivity contribution >= 4 is 0 Å². The highest BCUT2D eigenvalue weighted by molar-refractivity contribution is 5.07. The van der Waals surface area contributed by atoms with Crippen LogP contribution in [0.4, 0.5) is 0 Å². The van der Waals surface area contributed by atoms with Crippen molar-refractivity contribution in [2.24, 2.45) is 11.7 Å². The zero-order valence-electron chi connectivity index (χ0n) is 9.49. The normalized spacial score (nSPS) is 31.8. The van der Waals surface area contributed by atoms with Crippen molar-refractivity contribution in [3.63, 3.8) is 0 Å². The van der Waals surface area contributed by atoms with Gasteiger partial charge in [-0.3, -0.25) is 0 Å². The number of rotatable bonds is 2. The van der Waals surface area contributed by atoms with Crippen molar-refractivity contribution in [2.45, 2.75) is 51.5 Å². The molecule has 1 aromatic rings. The summed E-state index contributed by atoms with van der Waals surface area (Å²) < 4.78 is 5.14. The molecule has 2 rings (SSSR count). The molecule has 1 heterocycles. The van der Waals surface area contributed by atoms with E-state index in [1.165, 1.54) is 6.42 Å². The monoisotopic (exact) mass is 209 g/mol. The summed E-state index contributed by atoms with van der Waals surface area (Å²) in [7, 11) is 0. The summed E-state index contributed by atoms with van der Waals surface area (Å²) in [5, 5.41) is 4.02. The lowest BCUT2D eigenvalue weighted by molar-refractivity contribution is 0.189. The van der Waals surface area contributed by atoms with Gasteiger partial charge in [0.1, 0.15) is 0 Å². The largest absolute Gasteiger partial charge is 0.339 e. The molecule has 4 nitrogen and oxygen atoms in total. The van der Waals surface area contributed by atoms with Gasteiger partial charge in [0, 0.05) is 6.42 Å². The second-order valence-corrected chi connectivity index (χ2v) is 4.55. The number of aryl methyl sites for hydroxylation is 1. The van der Waals surface area contributed by atoms with Crippen molar-refractivity contribution < 1.29 is 4.52 Å². The molecule has 0 aliphatic heterocycles. The van der Waals surface area contributed by atoms with E-state index in [9.17, 15) is 0 Å². The molecule has 2 atom stereocenters. The Labute approximate surface area is 90.2 Å². The highest BCUT2D eigenvalue weighted by Gasteiger charge is 2.39. The first-order chi connectivity index (χ1) is 7.16. The van der Waals surface area contributed by atoms with Gasteiger partial charge >= 0.3 is 0 Å². The summed E-state index contributed by atoms with van der Waals surface area (Å²) in [4.78, 5) is 4.37. The third-order valence-electron chi connectivity index (χ3n) is 3.54. The van der Waals surface area contributed by atoms with Gasteiger partial charge in [0.2, 0.25) is 5.89 Å². The third-order valence-corrected chi connectivity index (χ3v) is 3.54. The van der Waals surface area contributed by atoms with Gasteiger partial charge < -0.3 is 10.3 Å². The van der Waals surface area contributed by atoms with Gasteiger partial charge in [-0.05, 0) is 18.8 Å². The molecule has 1 saturated carbocycles. The zero-order valence-corrected chi connectivity index (χ0v) is 9.49. The summed E-state index contributed by atoms with van der Waals surface area (Å²) in [5.41, 5.74) is 6.04. The number of nitrogens with zero attached hydrogens (tertiary/aromatic N) is 2. The van der Waals surface area contributed by atoms with Gasteiger partial charge in [-0.2, -0.15) is 4.98 Å². The van der Waals surface area contributed by atoms with Crippen LogP contribution in [0.5, 0.6) is 0 Å². The molecule has 2 unspecified atom stereocenters. The number of hydrogen-bond acceptors (Lipinski definition) is 4. The molecule has 1 aromatic heterocycles. The fraction of sp³-hybridized carbons (Fsp3) is 0.818. The number of nitrogens with two attached hydrogens (primary N) is 1. The lowest BCUT2D eigenvalue weighted by atomic mass is 9.74. The van der Waals surface area contributed by atoms with E-state index in [1.54, 1.807) is 0 Å². The van der Waals surface area contributed by atoms with Crippen molar-refractivity contribution in [1.82, 2.24) is 10.1 Å². The van der Waals surface area contributed by atoms with Gasteiger partial charge in [-0.25, -0.2) is 0 Å². The van der Waals surface area contributed by atoms with E-state index in [2.05, 4.69) is 17.1 Å². The van der Waals surface area contributed by atoms with Crippen LogP contribution in [-0.4, -0.2) is 10.1 Å². The first-order valence-electron chi connectivity index (χ1n) is 5.78. The Kier molecular flexibility index (Phi) is 2.78. The van der Waals surface area contributed by atoms with E-state index in [-0.39, 0.29) is 5.54 Å². The molecule has 0 saturated heterocycles. The highest BCUT2D eigenvalue weighted by atomic mass is 16.5. The molecule has 0 aromatic carbocycles. The van der Waals surface area contributed by atoms with Crippen LogP contribution in [0.15, 0.2) is 4.52 Å². The summed E-state index contributed by atoms with van der Waals surface area (Å²) >= 11 is 0. The van der Waals surface area contributed by atoms with Crippen LogP contribution in [0.25, 0.3) is 0 Å². The Morgan fingerprint density at radius 2 is 2.33 bits per heavy atom. The first-order valence-corrected chi connectivity index (χ1v) is 5.78. The van der Waals surface area contributed by atoms with Crippen LogP contribution in [0.2, 0.25) is 0 Å². The lowest BCUT2D eigenvalue weighted by Crippen LogP contribution is -2.46. The van der Waals surface area contributed by atoms with E-state index >= 15 is 0 Å². The molecule has 0 bridgehead atoms. The first kappa shape index (κ1) is 10.6. The predicted octanol–water partition coefficient (Wildman–Crippen LogP) is 2.00. The third kappa shape index (κ3) is 1.78. The van der Waals surface area contributed by atoms with Crippen LogP contribution in [0.3, 0.4) is 0 Å². The van der Waals surface area contributed by atoms with Crippen LogP contribution in [-0.2, 0) is 12.0 Å². The van der Waals surface area contributed by atoms with Crippen LogP contribution < -0.4 is 5.73 Å². The average molecular weight is 209 g/mol. The molecule has 15 heavy (non-hydrogen) atoms. The molecule has 84 valence electrons. The topological polar surface area (TPSA) is 64.9 Å². The Balaban J connectivity index is 2.26. The molecule has 0 radical (unpaired) electrons. The van der Waals surface area contributed by atoms with E-state index in [4.69, 9.17) is 10.3 Å². The minimum atomic E-state index is -0.366. The molecule has 2 N–H and O–H groups in total. The Morgan fingerprint density at radius 3 is 2.93 bits per heavy atom. The molecule has 4 heteroatoms. The molecule has 0 amide bonds. The van der Waals surface area contributed by atoms with E-state index in [0.717, 1.165) is 25.7 Å².